The van der Waals surface area contributed by atoms with Gasteiger partial charge in [0.05, 0.1) is 12.1 Å². The molecule has 3 amide bonds. The molecule has 1 fully saturated rings. The average molecular weight is 623 g/mol. The summed E-state index contributed by atoms with van der Waals surface area (Å²) in [6, 6.07) is 9.17. The van der Waals surface area contributed by atoms with Crippen LogP contribution in [0.15, 0.2) is 53.4 Å². The molecule has 4 aromatic rings. The van der Waals surface area contributed by atoms with Crippen LogP contribution in [-0.2, 0) is 20.9 Å². The Bertz CT molecular complexity index is 1680. The van der Waals surface area contributed by atoms with Crippen molar-refractivity contribution in [3.05, 3.63) is 59.1 Å². The van der Waals surface area contributed by atoms with Gasteiger partial charge in [-0.25, -0.2) is 19.3 Å². The van der Waals surface area contributed by atoms with Crippen LogP contribution in [0.4, 0.5) is 16.2 Å². The van der Waals surface area contributed by atoms with Crippen LogP contribution in [0.25, 0.3) is 22.0 Å². The molecule has 14 heteroatoms. The first-order chi connectivity index (χ1) is 19.6. The Hall–Kier alpha value is -4.59. The minimum atomic E-state index is -1.37. The van der Waals surface area contributed by atoms with Gasteiger partial charge in [-0.3, -0.25) is 29.2 Å². The lowest BCUT2D eigenvalue weighted by Gasteiger charge is -2.23. The summed E-state index contributed by atoms with van der Waals surface area (Å²) < 4.78 is 16.3. The Morgan fingerprint density at radius 3 is 2.49 bits per heavy atom. The van der Waals surface area contributed by atoms with Crippen molar-refractivity contribution < 1.29 is 23.6 Å². The number of nitrogens with zero attached hydrogens (tertiary/aromatic N) is 6. The Morgan fingerprint density at radius 1 is 1.05 bits per heavy atom. The molecule has 1 aliphatic heterocycles. The number of hydrogen-bond donors (Lipinski definition) is 2. The highest BCUT2D eigenvalue weighted by molar-refractivity contribution is 9.10. The molecule has 3 aromatic heterocycles. The van der Waals surface area contributed by atoms with Gasteiger partial charge in [0.15, 0.2) is 5.78 Å². The molecule has 2 N–H and O–H groups in total. The van der Waals surface area contributed by atoms with E-state index in [1.807, 2.05) is 0 Å². The Kier molecular flexibility index (Phi) is 7.83. The van der Waals surface area contributed by atoms with Crippen molar-refractivity contribution in [3.63, 3.8) is 0 Å². The number of anilines is 2. The van der Waals surface area contributed by atoms with Crippen LogP contribution in [-0.4, -0.2) is 71.9 Å². The predicted molar refractivity (Wildman–Crippen MR) is 151 cm³/mol. The molecule has 210 valence electrons. The van der Waals surface area contributed by atoms with Crippen molar-refractivity contribution in [2.75, 3.05) is 17.2 Å². The SMILES string of the molecule is CC(=O)Nc1ncc(-c2ccc3c(c2)c(C(C)=O)nn3CC(=O)N2C[C@H](F)C[C@H]2C(=O)Nc2cccc(Br)n2)cn1. The molecule has 1 aliphatic rings. The van der Waals surface area contributed by atoms with Crippen LogP contribution in [0.3, 0.4) is 0 Å². The molecule has 0 aliphatic carbocycles. The summed E-state index contributed by atoms with van der Waals surface area (Å²) in [5.41, 5.74) is 2.00. The highest BCUT2D eigenvalue weighted by Crippen LogP contribution is 2.28. The monoisotopic (exact) mass is 622 g/mol. The number of benzene rings is 1. The predicted octanol–water partition coefficient (Wildman–Crippen LogP) is 3.39. The molecular weight excluding hydrogens is 599 g/mol. The number of rotatable bonds is 7. The zero-order valence-corrected chi connectivity index (χ0v) is 23.6. The summed E-state index contributed by atoms with van der Waals surface area (Å²) in [7, 11) is 0. The molecule has 4 heterocycles. The second-order valence-electron chi connectivity index (χ2n) is 9.50. The fraction of sp³-hybridized carbons (Fsp3) is 0.259. The number of Topliss-reactive ketones (excluding diaryl/α,β-unsaturated/α-hetero) is 1. The lowest BCUT2D eigenvalue weighted by Crippen LogP contribution is -2.44. The highest BCUT2D eigenvalue weighted by atomic mass is 79.9. The van der Waals surface area contributed by atoms with E-state index >= 15 is 0 Å². The third-order valence-electron chi connectivity index (χ3n) is 6.48. The summed E-state index contributed by atoms with van der Waals surface area (Å²) in [6.45, 7) is 2.19. The third kappa shape index (κ3) is 6.11. The largest absolute Gasteiger partial charge is 0.326 e. The number of amides is 3. The minimum absolute atomic E-state index is 0.143. The van der Waals surface area contributed by atoms with E-state index in [0.29, 0.717) is 26.6 Å². The number of pyridine rings is 1. The van der Waals surface area contributed by atoms with Crippen LogP contribution in [0.5, 0.6) is 0 Å². The summed E-state index contributed by atoms with van der Waals surface area (Å²) in [5, 5.41) is 10.0. The maximum absolute atomic E-state index is 14.4. The zero-order chi connectivity index (χ0) is 29.3. The van der Waals surface area contributed by atoms with E-state index < -0.39 is 24.0 Å². The van der Waals surface area contributed by atoms with E-state index in [4.69, 9.17) is 0 Å². The second kappa shape index (κ2) is 11.5. The molecule has 0 unspecified atom stereocenters. The number of aromatic nitrogens is 5. The number of halogens is 2. The number of hydrogen-bond acceptors (Lipinski definition) is 8. The van der Waals surface area contributed by atoms with Gasteiger partial charge in [-0.15, -0.1) is 0 Å². The average Bonchev–Trinajstić information content (AvgIpc) is 3.49. The molecule has 0 spiro atoms. The number of alkyl halides is 1. The Morgan fingerprint density at radius 2 is 1.80 bits per heavy atom. The number of carbonyl (C=O) groups is 4. The van der Waals surface area contributed by atoms with Crippen LogP contribution >= 0.6 is 15.9 Å². The lowest BCUT2D eigenvalue weighted by molar-refractivity contribution is -0.137. The Labute approximate surface area is 241 Å². The third-order valence-corrected chi connectivity index (χ3v) is 6.92. The van der Waals surface area contributed by atoms with Gasteiger partial charge in [-0.2, -0.15) is 5.10 Å². The first-order valence-corrected chi connectivity index (χ1v) is 13.4. The van der Waals surface area contributed by atoms with Crippen molar-refractivity contribution in [1.29, 1.82) is 0 Å². The van der Waals surface area contributed by atoms with E-state index in [2.05, 4.69) is 46.6 Å². The second-order valence-corrected chi connectivity index (χ2v) is 10.3. The maximum atomic E-state index is 14.4. The van der Waals surface area contributed by atoms with Gasteiger partial charge in [0.2, 0.25) is 23.7 Å². The number of carbonyl (C=O) groups excluding carboxylic acids is 4. The van der Waals surface area contributed by atoms with Gasteiger partial charge < -0.3 is 10.2 Å². The smallest absolute Gasteiger partial charge is 0.248 e. The molecule has 5 rings (SSSR count). The summed E-state index contributed by atoms with van der Waals surface area (Å²) in [5.74, 6) is -1.23. The van der Waals surface area contributed by atoms with E-state index in [1.165, 1.54) is 35.8 Å². The molecule has 1 saturated heterocycles. The molecule has 2 atom stereocenters. The quantitative estimate of drug-likeness (QED) is 0.235. The van der Waals surface area contributed by atoms with Crippen LogP contribution in [0, 0.1) is 0 Å². The summed E-state index contributed by atoms with van der Waals surface area (Å²) in [4.78, 5) is 63.6. The van der Waals surface area contributed by atoms with E-state index in [1.54, 1.807) is 36.4 Å². The van der Waals surface area contributed by atoms with Gasteiger partial charge in [0, 0.05) is 43.6 Å². The van der Waals surface area contributed by atoms with Crippen molar-refractivity contribution in [3.8, 4) is 11.1 Å². The lowest BCUT2D eigenvalue weighted by atomic mass is 10.0. The summed E-state index contributed by atoms with van der Waals surface area (Å²) >= 11 is 3.24. The molecule has 12 nitrogen and oxygen atoms in total. The number of ketones is 1. The van der Waals surface area contributed by atoms with Crippen molar-refractivity contribution in [1.82, 2.24) is 29.6 Å². The molecule has 1 aromatic carbocycles. The van der Waals surface area contributed by atoms with Gasteiger partial charge in [0.1, 0.15) is 34.9 Å². The normalized spacial score (nSPS) is 16.5. The van der Waals surface area contributed by atoms with Gasteiger partial charge >= 0.3 is 0 Å². The van der Waals surface area contributed by atoms with Crippen LogP contribution < -0.4 is 10.6 Å². The van der Waals surface area contributed by atoms with Gasteiger partial charge in [-0.1, -0.05) is 12.1 Å². The summed E-state index contributed by atoms with van der Waals surface area (Å²) in [6.07, 6.45) is 1.57. The van der Waals surface area contributed by atoms with Crippen molar-refractivity contribution in [2.24, 2.45) is 0 Å². The zero-order valence-electron chi connectivity index (χ0n) is 22.0. The van der Waals surface area contributed by atoms with E-state index in [-0.39, 0.29) is 48.7 Å². The first-order valence-electron chi connectivity index (χ1n) is 12.6. The molecule has 0 bridgehead atoms. The highest BCUT2D eigenvalue weighted by Gasteiger charge is 2.40. The van der Waals surface area contributed by atoms with Crippen molar-refractivity contribution >= 4 is 62.1 Å². The van der Waals surface area contributed by atoms with Crippen LogP contribution in [0.2, 0.25) is 0 Å². The minimum Gasteiger partial charge on any atom is -0.326 e. The molecule has 0 radical (unpaired) electrons. The topological polar surface area (TPSA) is 152 Å². The Balaban J connectivity index is 1.39. The van der Waals surface area contributed by atoms with E-state index in [9.17, 15) is 23.6 Å². The molecular formula is C27H24BrFN8O4. The number of likely N-dealkylation sites (tertiary alicyclic amines) is 1. The maximum Gasteiger partial charge on any atom is 0.248 e. The number of nitrogens with one attached hydrogen (secondary N) is 2. The van der Waals surface area contributed by atoms with Crippen LogP contribution in [0.1, 0.15) is 30.8 Å². The number of fused-ring (bicyclic) bond motifs is 1. The fourth-order valence-corrected chi connectivity index (χ4v) is 5.00. The molecule has 41 heavy (non-hydrogen) atoms. The van der Waals surface area contributed by atoms with Gasteiger partial charge in [-0.05, 0) is 45.8 Å². The standard InChI is InChI=1S/C27H24BrFN8O4/c1-14(38)25-19-8-16(17-10-30-27(31-11-17)32-15(2)39)6-7-20(19)37(35-25)13-24(40)36-12-18(29)9-21(36)26(41)34-23-5-3-4-22(28)33-23/h3-8,10-11,18,21H,9,12-13H2,1-2H3,(H,33,34,41)(H,30,31,32,39)/t18-,21+/m1/s1. The van der Waals surface area contributed by atoms with Gasteiger partial charge in [0.25, 0.3) is 0 Å². The van der Waals surface area contributed by atoms with E-state index in [0.717, 1.165) is 0 Å². The fourth-order valence-electron chi connectivity index (χ4n) is 4.65. The first kappa shape index (κ1) is 28.0. The van der Waals surface area contributed by atoms with Crippen molar-refractivity contribution in [2.45, 2.75) is 39.0 Å². The molecule has 0 saturated carbocycles.